The molecule has 0 radical (unpaired) electrons. The van der Waals surface area contributed by atoms with Gasteiger partial charge in [-0.15, -0.1) is 0 Å². The largest absolute Gasteiger partial charge is 0.444 e. The molecule has 1 fully saturated rings. The molecule has 1 saturated heterocycles. The summed E-state index contributed by atoms with van der Waals surface area (Å²) in [5.41, 5.74) is 1.32. The van der Waals surface area contributed by atoms with Crippen molar-refractivity contribution in [2.45, 2.75) is 26.4 Å². The van der Waals surface area contributed by atoms with Gasteiger partial charge in [0.05, 0.1) is 11.9 Å². The molecule has 146 valence electrons. The van der Waals surface area contributed by atoms with E-state index in [0.29, 0.717) is 18.9 Å². The normalized spacial score (nSPS) is 15.1. The first-order chi connectivity index (χ1) is 13.4. The second kappa shape index (κ2) is 7.10. The lowest BCUT2D eigenvalue weighted by molar-refractivity contribution is 0.0240. The van der Waals surface area contributed by atoms with Crippen molar-refractivity contribution >= 4 is 17.7 Å². The number of aromatic nitrogens is 4. The van der Waals surface area contributed by atoms with E-state index in [1.807, 2.05) is 55.8 Å². The highest BCUT2D eigenvalue weighted by Gasteiger charge is 2.27. The van der Waals surface area contributed by atoms with Crippen LogP contribution in [0.15, 0.2) is 43.0 Å². The molecule has 1 aliphatic rings. The lowest BCUT2D eigenvalue weighted by atomic mass is 10.2. The molecule has 8 nitrogen and oxygen atoms in total. The SMILES string of the molecule is CC(C)(C)OC(=O)N1CCN(c2cnc3nc(-c4cccnc4)ccn23)CC1. The number of rotatable bonds is 2. The Morgan fingerprint density at radius 2 is 1.89 bits per heavy atom. The molecule has 0 atom stereocenters. The summed E-state index contributed by atoms with van der Waals surface area (Å²) in [6, 6.07) is 5.83. The number of anilines is 1. The molecule has 0 N–H and O–H groups in total. The maximum absolute atomic E-state index is 12.2. The second-order valence-corrected chi connectivity index (χ2v) is 7.80. The van der Waals surface area contributed by atoms with Gasteiger partial charge in [0.15, 0.2) is 0 Å². The van der Waals surface area contributed by atoms with Gasteiger partial charge in [0, 0.05) is 50.3 Å². The Labute approximate surface area is 163 Å². The van der Waals surface area contributed by atoms with Crippen molar-refractivity contribution in [3.8, 4) is 11.3 Å². The van der Waals surface area contributed by atoms with Crippen LogP contribution in [0.4, 0.5) is 10.6 Å². The Kier molecular flexibility index (Phi) is 4.62. The average molecular weight is 380 g/mol. The van der Waals surface area contributed by atoms with Crippen LogP contribution in [0, 0.1) is 0 Å². The van der Waals surface area contributed by atoms with Gasteiger partial charge in [0.1, 0.15) is 11.4 Å². The van der Waals surface area contributed by atoms with E-state index >= 15 is 0 Å². The topological polar surface area (TPSA) is 75.9 Å². The lowest BCUT2D eigenvalue weighted by Crippen LogP contribution is -2.50. The van der Waals surface area contributed by atoms with Crippen LogP contribution >= 0.6 is 0 Å². The van der Waals surface area contributed by atoms with Gasteiger partial charge in [-0.05, 0) is 39.0 Å². The third-order valence-electron chi connectivity index (χ3n) is 4.57. The van der Waals surface area contributed by atoms with Gasteiger partial charge in [0.25, 0.3) is 0 Å². The summed E-state index contributed by atoms with van der Waals surface area (Å²) in [5, 5.41) is 0. The number of pyridine rings is 1. The molecular weight excluding hydrogens is 356 g/mol. The highest BCUT2D eigenvalue weighted by atomic mass is 16.6. The summed E-state index contributed by atoms with van der Waals surface area (Å²) in [7, 11) is 0. The van der Waals surface area contributed by atoms with E-state index in [4.69, 9.17) is 4.74 Å². The van der Waals surface area contributed by atoms with Crippen molar-refractivity contribution in [1.82, 2.24) is 24.3 Å². The number of hydrogen-bond donors (Lipinski definition) is 0. The van der Waals surface area contributed by atoms with Gasteiger partial charge in [-0.1, -0.05) is 0 Å². The molecule has 1 amide bonds. The van der Waals surface area contributed by atoms with Crippen molar-refractivity contribution in [2.75, 3.05) is 31.1 Å². The zero-order valence-corrected chi connectivity index (χ0v) is 16.4. The molecule has 3 aromatic rings. The smallest absolute Gasteiger partial charge is 0.410 e. The Hall–Kier alpha value is -3.16. The van der Waals surface area contributed by atoms with Crippen LogP contribution in [0.2, 0.25) is 0 Å². The molecular formula is C20H24N6O2. The Bertz CT molecular complexity index is 971. The van der Waals surface area contributed by atoms with E-state index in [1.165, 1.54) is 0 Å². The third kappa shape index (κ3) is 3.76. The zero-order valence-electron chi connectivity index (χ0n) is 16.4. The molecule has 1 aliphatic heterocycles. The molecule has 4 heterocycles. The number of hydrogen-bond acceptors (Lipinski definition) is 6. The predicted molar refractivity (Wildman–Crippen MR) is 106 cm³/mol. The standard InChI is InChI=1S/C20H24N6O2/c1-20(2,3)28-19(27)25-11-9-24(10-12-25)17-14-22-18-23-16(6-8-26(17)18)15-5-4-7-21-13-15/h4-8,13-14H,9-12H2,1-3H3. The molecule has 0 spiro atoms. The maximum Gasteiger partial charge on any atom is 0.410 e. The van der Waals surface area contributed by atoms with E-state index in [1.54, 1.807) is 17.3 Å². The van der Waals surface area contributed by atoms with Gasteiger partial charge in [-0.25, -0.2) is 14.8 Å². The number of piperazine rings is 1. The van der Waals surface area contributed by atoms with Crippen LogP contribution < -0.4 is 4.90 Å². The second-order valence-electron chi connectivity index (χ2n) is 7.80. The molecule has 0 aromatic carbocycles. The Balaban J connectivity index is 1.48. The number of nitrogens with zero attached hydrogens (tertiary/aromatic N) is 6. The highest BCUT2D eigenvalue weighted by molar-refractivity contribution is 5.68. The van der Waals surface area contributed by atoms with Crippen molar-refractivity contribution < 1.29 is 9.53 Å². The number of amides is 1. The van der Waals surface area contributed by atoms with Gasteiger partial charge >= 0.3 is 6.09 Å². The molecule has 3 aromatic heterocycles. The fraction of sp³-hybridized carbons (Fsp3) is 0.400. The minimum atomic E-state index is -0.479. The van der Waals surface area contributed by atoms with Crippen LogP contribution in [-0.2, 0) is 4.74 Å². The molecule has 0 unspecified atom stereocenters. The zero-order chi connectivity index (χ0) is 19.7. The number of fused-ring (bicyclic) bond motifs is 1. The van der Waals surface area contributed by atoms with Crippen molar-refractivity contribution in [1.29, 1.82) is 0 Å². The Morgan fingerprint density at radius 1 is 1.11 bits per heavy atom. The summed E-state index contributed by atoms with van der Waals surface area (Å²) in [6.45, 7) is 8.31. The number of carbonyl (C=O) groups excluding carboxylic acids is 1. The van der Waals surface area contributed by atoms with Gasteiger partial charge < -0.3 is 14.5 Å². The summed E-state index contributed by atoms with van der Waals surface area (Å²) >= 11 is 0. The molecule has 4 rings (SSSR count). The number of carbonyl (C=O) groups is 1. The highest BCUT2D eigenvalue weighted by Crippen LogP contribution is 2.22. The average Bonchev–Trinajstić information content (AvgIpc) is 3.11. The van der Waals surface area contributed by atoms with Crippen molar-refractivity contribution in [3.05, 3.63) is 43.0 Å². The molecule has 0 saturated carbocycles. The van der Waals surface area contributed by atoms with Crippen LogP contribution in [0.1, 0.15) is 20.8 Å². The molecule has 0 bridgehead atoms. The quantitative estimate of drug-likeness (QED) is 0.680. The summed E-state index contributed by atoms with van der Waals surface area (Å²) in [4.78, 5) is 29.5. The van der Waals surface area contributed by atoms with Crippen LogP contribution in [0.25, 0.3) is 17.0 Å². The van der Waals surface area contributed by atoms with E-state index in [-0.39, 0.29) is 6.09 Å². The maximum atomic E-state index is 12.2. The van der Waals surface area contributed by atoms with Crippen molar-refractivity contribution in [2.24, 2.45) is 0 Å². The number of ether oxygens (including phenoxy) is 1. The summed E-state index contributed by atoms with van der Waals surface area (Å²) in [5.74, 6) is 1.62. The molecule has 28 heavy (non-hydrogen) atoms. The first-order valence-corrected chi connectivity index (χ1v) is 9.38. The van der Waals surface area contributed by atoms with E-state index in [0.717, 1.165) is 30.2 Å². The fourth-order valence-electron chi connectivity index (χ4n) is 3.21. The lowest BCUT2D eigenvalue weighted by Gasteiger charge is -2.36. The van der Waals surface area contributed by atoms with Crippen LogP contribution in [-0.4, -0.2) is 62.1 Å². The van der Waals surface area contributed by atoms with Crippen LogP contribution in [0.5, 0.6) is 0 Å². The van der Waals surface area contributed by atoms with Gasteiger partial charge in [0.2, 0.25) is 5.78 Å². The first kappa shape index (κ1) is 18.2. The summed E-state index contributed by atoms with van der Waals surface area (Å²) < 4.78 is 7.44. The fourth-order valence-corrected chi connectivity index (χ4v) is 3.21. The van der Waals surface area contributed by atoms with Gasteiger partial charge in [-0.2, -0.15) is 0 Å². The van der Waals surface area contributed by atoms with Gasteiger partial charge in [-0.3, -0.25) is 9.38 Å². The van der Waals surface area contributed by atoms with E-state index in [9.17, 15) is 4.79 Å². The third-order valence-corrected chi connectivity index (χ3v) is 4.57. The predicted octanol–water partition coefficient (Wildman–Crippen LogP) is 2.85. The van der Waals surface area contributed by atoms with E-state index in [2.05, 4.69) is 19.9 Å². The number of imidazole rings is 1. The molecule has 0 aliphatic carbocycles. The van der Waals surface area contributed by atoms with E-state index < -0.39 is 5.60 Å². The first-order valence-electron chi connectivity index (χ1n) is 9.38. The Morgan fingerprint density at radius 3 is 2.57 bits per heavy atom. The van der Waals surface area contributed by atoms with Crippen molar-refractivity contribution in [3.63, 3.8) is 0 Å². The minimum Gasteiger partial charge on any atom is -0.444 e. The van der Waals surface area contributed by atoms with Crippen LogP contribution in [0.3, 0.4) is 0 Å². The summed E-state index contributed by atoms with van der Waals surface area (Å²) in [6.07, 6.45) is 7.09. The molecule has 8 heteroatoms. The monoisotopic (exact) mass is 380 g/mol. The minimum absolute atomic E-state index is 0.256.